The van der Waals surface area contributed by atoms with Gasteiger partial charge in [-0.15, -0.1) is 0 Å². The van der Waals surface area contributed by atoms with Crippen LogP contribution in [0.5, 0.6) is 0 Å². The summed E-state index contributed by atoms with van der Waals surface area (Å²) in [6.07, 6.45) is 4.35. The van der Waals surface area contributed by atoms with Crippen molar-refractivity contribution in [3.63, 3.8) is 0 Å². The highest BCUT2D eigenvalue weighted by molar-refractivity contribution is 6.09. The maximum Gasteiger partial charge on any atom is 0.339 e. The molecule has 0 bridgehead atoms. The Balaban J connectivity index is 1.95. The third kappa shape index (κ3) is 6.75. The van der Waals surface area contributed by atoms with Crippen LogP contribution in [0.1, 0.15) is 121 Å². The van der Waals surface area contributed by atoms with E-state index < -0.39 is 47.2 Å². The van der Waals surface area contributed by atoms with Crippen LogP contribution in [-0.2, 0) is 9.47 Å². The topological polar surface area (TPSA) is 127 Å². The lowest BCUT2D eigenvalue weighted by Gasteiger charge is -2.37. The fourth-order valence-corrected chi connectivity index (χ4v) is 6.19. The molecule has 210 valence electrons. The second-order valence-corrected chi connectivity index (χ2v) is 12.1. The molecule has 2 fully saturated rings. The van der Waals surface area contributed by atoms with Crippen LogP contribution in [0.15, 0.2) is 12.1 Å². The van der Waals surface area contributed by atoms with Gasteiger partial charge in [-0.1, -0.05) is 54.4 Å². The highest BCUT2D eigenvalue weighted by Crippen LogP contribution is 2.37. The molecule has 6 unspecified atom stereocenters. The van der Waals surface area contributed by atoms with E-state index in [0.717, 1.165) is 37.8 Å². The van der Waals surface area contributed by atoms with Gasteiger partial charge in [0, 0.05) is 0 Å². The summed E-state index contributed by atoms with van der Waals surface area (Å²) in [6, 6.07) is 1.90. The first-order valence-corrected chi connectivity index (χ1v) is 13.9. The minimum atomic E-state index is -1.45. The molecule has 1 aromatic carbocycles. The van der Waals surface area contributed by atoms with Crippen LogP contribution in [0.25, 0.3) is 0 Å². The van der Waals surface area contributed by atoms with Crippen molar-refractivity contribution in [3.8, 4) is 0 Å². The minimum Gasteiger partial charge on any atom is -0.478 e. The molecule has 2 saturated carbocycles. The van der Waals surface area contributed by atoms with Gasteiger partial charge in [-0.05, 0) is 73.3 Å². The molecule has 6 atom stereocenters. The van der Waals surface area contributed by atoms with E-state index in [1.807, 2.05) is 0 Å². The lowest BCUT2D eigenvalue weighted by molar-refractivity contribution is -0.0187. The third-order valence-corrected chi connectivity index (χ3v) is 8.50. The Morgan fingerprint density at radius 3 is 1.29 bits per heavy atom. The highest BCUT2D eigenvalue weighted by atomic mass is 16.5. The Morgan fingerprint density at radius 2 is 1.00 bits per heavy atom. The molecule has 0 radical (unpaired) electrons. The van der Waals surface area contributed by atoms with Gasteiger partial charge in [0.2, 0.25) is 0 Å². The summed E-state index contributed by atoms with van der Waals surface area (Å²) in [7, 11) is 0. The number of rotatable bonds is 8. The predicted octanol–water partition coefficient (Wildman–Crippen LogP) is 6.32. The highest BCUT2D eigenvalue weighted by Gasteiger charge is 2.37. The first-order chi connectivity index (χ1) is 17.8. The number of ether oxygens (including phenoxy) is 2. The molecule has 8 heteroatoms. The minimum absolute atomic E-state index is 0.128. The predicted molar refractivity (Wildman–Crippen MR) is 141 cm³/mol. The van der Waals surface area contributed by atoms with Crippen LogP contribution in [0.3, 0.4) is 0 Å². The van der Waals surface area contributed by atoms with E-state index >= 15 is 0 Å². The van der Waals surface area contributed by atoms with Gasteiger partial charge in [-0.3, -0.25) is 0 Å². The summed E-state index contributed by atoms with van der Waals surface area (Å²) in [4.78, 5) is 50.8. The first kappa shape index (κ1) is 29.7. The maximum absolute atomic E-state index is 13.2. The SMILES string of the molecule is CC1CCC(C(C)C)C(OC(=O)c2cc(C(=O)O)c(C(=O)OC3CC(C)CCC3C(C)C)cc2C(=O)O)C1. The van der Waals surface area contributed by atoms with Crippen molar-refractivity contribution in [1.29, 1.82) is 0 Å². The molecule has 0 heterocycles. The summed E-state index contributed by atoms with van der Waals surface area (Å²) in [5.41, 5.74) is -1.71. The van der Waals surface area contributed by atoms with Crippen molar-refractivity contribution in [2.75, 3.05) is 0 Å². The Labute approximate surface area is 225 Å². The van der Waals surface area contributed by atoms with Gasteiger partial charge < -0.3 is 19.7 Å². The summed E-state index contributed by atoms with van der Waals surface area (Å²) in [6.45, 7) is 12.4. The van der Waals surface area contributed by atoms with E-state index in [0.29, 0.717) is 24.7 Å². The second kappa shape index (κ2) is 12.3. The maximum atomic E-state index is 13.2. The van der Waals surface area contributed by atoms with Crippen molar-refractivity contribution in [1.82, 2.24) is 0 Å². The molecular weight excluding hydrogens is 488 g/mol. The molecule has 2 aliphatic carbocycles. The number of carbonyl (C=O) groups excluding carboxylic acids is 2. The molecule has 0 amide bonds. The first-order valence-electron chi connectivity index (χ1n) is 13.9. The van der Waals surface area contributed by atoms with E-state index in [2.05, 4.69) is 41.5 Å². The van der Waals surface area contributed by atoms with E-state index in [1.165, 1.54) is 0 Å². The van der Waals surface area contributed by atoms with Gasteiger partial charge >= 0.3 is 23.9 Å². The Morgan fingerprint density at radius 1 is 0.658 bits per heavy atom. The number of esters is 2. The van der Waals surface area contributed by atoms with E-state index in [-0.39, 0.29) is 34.8 Å². The summed E-state index contributed by atoms with van der Waals surface area (Å²) < 4.78 is 11.6. The van der Waals surface area contributed by atoms with Gasteiger partial charge in [-0.25, -0.2) is 19.2 Å². The average molecular weight is 531 g/mol. The summed E-state index contributed by atoms with van der Waals surface area (Å²) >= 11 is 0. The van der Waals surface area contributed by atoms with Gasteiger partial charge in [0.25, 0.3) is 0 Å². The van der Waals surface area contributed by atoms with Gasteiger partial charge in [0.15, 0.2) is 0 Å². The molecule has 0 aromatic heterocycles. The zero-order chi connectivity index (χ0) is 28.3. The number of hydrogen-bond acceptors (Lipinski definition) is 6. The zero-order valence-electron chi connectivity index (χ0n) is 23.4. The van der Waals surface area contributed by atoms with E-state index in [4.69, 9.17) is 9.47 Å². The number of carboxylic acid groups (broad SMARTS) is 2. The molecule has 1 aromatic rings. The Bertz CT molecular complexity index is 975. The van der Waals surface area contributed by atoms with Crippen molar-refractivity contribution >= 4 is 23.9 Å². The molecule has 2 N–H and O–H groups in total. The van der Waals surface area contributed by atoms with Crippen molar-refractivity contribution < 1.29 is 38.9 Å². The van der Waals surface area contributed by atoms with Crippen LogP contribution < -0.4 is 0 Å². The molecule has 38 heavy (non-hydrogen) atoms. The van der Waals surface area contributed by atoms with Crippen molar-refractivity contribution in [2.24, 2.45) is 35.5 Å². The molecule has 2 aliphatic rings. The molecule has 3 rings (SSSR count). The van der Waals surface area contributed by atoms with Crippen LogP contribution in [0.2, 0.25) is 0 Å². The quantitative estimate of drug-likeness (QED) is 0.374. The zero-order valence-corrected chi connectivity index (χ0v) is 23.4. The third-order valence-electron chi connectivity index (χ3n) is 8.50. The largest absolute Gasteiger partial charge is 0.478 e. The van der Waals surface area contributed by atoms with Crippen LogP contribution >= 0.6 is 0 Å². The van der Waals surface area contributed by atoms with Crippen molar-refractivity contribution in [3.05, 3.63) is 34.4 Å². The van der Waals surface area contributed by atoms with Crippen LogP contribution in [-0.4, -0.2) is 46.3 Å². The van der Waals surface area contributed by atoms with E-state index in [9.17, 15) is 29.4 Å². The fraction of sp³-hybridized carbons (Fsp3) is 0.667. The lowest BCUT2D eigenvalue weighted by Crippen LogP contribution is -2.36. The van der Waals surface area contributed by atoms with Gasteiger partial charge in [0.05, 0.1) is 22.3 Å². The van der Waals surface area contributed by atoms with Crippen LogP contribution in [0.4, 0.5) is 0 Å². The fourth-order valence-electron chi connectivity index (χ4n) is 6.19. The smallest absolute Gasteiger partial charge is 0.339 e. The normalized spacial score (nSPS) is 27.7. The lowest BCUT2D eigenvalue weighted by atomic mass is 9.75. The monoisotopic (exact) mass is 530 g/mol. The molecule has 0 aliphatic heterocycles. The number of aromatic carboxylic acids is 2. The van der Waals surface area contributed by atoms with Crippen LogP contribution in [0, 0.1) is 35.5 Å². The second-order valence-electron chi connectivity index (χ2n) is 12.1. The molecular formula is C30H42O8. The Hall–Kier alpha value is -2.90. The van der Waals surface area contributed by atoms with E-state index in [1.54, 1.807) is 0 Å². The van der Waals surface area contributed by atoms with Crippen molar-refractivity contribution in [2.45, 2.75) is 92.3 Å². The molecule has 8 nitrogen and oxygen atoms in total. The number of carboxylic acids is 2. The number of hydrogen-bond donors (Lipinski definition) is 2. The number of carbonyl (C=O) groups is 4. The molecule has 0 spiro atoms. The standard InChI is InChI=1S/C30H42O8/c1-15(2)19-9-7-17(5)11-25(19)37-29(35)23-13-22(28(33)34)24(14-21(23)27(31)32)30(36)38-26-12-18(6)8-10-20(26)16(3)4/h13-20,25-26H,7-12H2,1-6H3,(H,31,32)(H,33,34). The average Bonchev–Trinajstić information content (AvgIpc) is 2.82. The summed E-state index contributed by atoms with van der Waals surface area (Å²) in [5.74, 6) is -3.20. The Kier molecular flexibility index (Phi) is 9.60. The molecule has 0 saturated heterocycles. The summed E-state index contributed by atoms with van der Waals surface area (Å²) in [5, 5.41) is 19.8. The van der Waals surface area contributed by atoms with Gasteiger partial charge in [-0.2, -0.15) is 0 Å². The number of benzene rings is 1. The van der Waals surface area contributed by atoms with Gasteiger partial charge in [0.1, 0.15) is 12.2 Å².